The molecule has 0 unspecified atom stereocenters. The molecule has 0 aliphatic carbocycles. The van der Waals surface area contributed by atoms with Gasteiger partial charge in [0.15, 0.2) is 0 Å². The lowest BCUT2D eigenvalue weighted by Crippen LogP contribution is -2.65. The monoisotopic (exact) mass is 308 g/mol. The molecule has 6 heteroatoms. The van der Waals surface area contributed by atoms with Crippen molar-refractivity contribution in [2.24, 2.45) is 5.92 Å². The van der Waals surface area contributed by atoms with Gasteiger partial charge in [-0.1, -0.05) is 12.1 Å². The van der Waals surface area contributed by atoms with E-state index in [9.17, 15) is 20.3 Å². The van der Waals surface area contributed by atoms with Crippen LogP contribution >= 0.6 is 0 Å². The number of nitro benzene ring substituents is 1. The molecule has 3 N–H and O–H groups in total. The van der Waals surface area contributed by atoms with Crippen molar-refractivity contribution >= 4 is 5.69 Å². The third-order valence-electron chi connectivity index (χ3n) is 4.39. The number of non-ortho nitro benzene ring substituents is 1. The minimum absolute atomic E-state index is 0.0621. The minimum atomic E-state index is -0.978. The number of hydrogen-bond donors (Lipinski definition) is 3. The lowest BCUT2D eigenvalue weighted by atomic mass is 9.69. The van der Waals surface area contributed by atoms with E-state index in [4.69, 9.17) is 0 Å². The number of nitrogens with zero attached hydrogens (tertiary/aromatic N) is 1. The highest BCUT2D eigenvalue weighted by molar-refractivity contribution is 5.36. The molecule has 6 nitrogen and oxygen atoms in total. The topological polar surface area (TPSA) is 95.6 Å². The zero-order valence-corrected chi connectivity index (χ0v) is 13.4. The Balaban J connectivity index is 2.33. The quantitative estimate of drug-likeness (QED) is 0.587. The Morgan fingerprint density at radius 1 is 1.36 bits per heavy atom. The fraction of sp³-hybridized carbons (Fsp3) is 0.625. The predicted molar refractivity (Wildman–Crippen MR) is 83.5 cm³/mol. The maximum atomic E-state index is 10.9. The second-order valence-corrected chi connectivity index (χ2v) is 7.32. The van der Waals surface area contributed by atoms with Crippen molar-refractivity contribution < 1.29 is 15.1 Å². The summed E-state index contributed by atoms with van der Waals surface area (Å²) in [6.07, 6.45) is -1.17. The number of nitro groups is 1. The molecular formula is C16H24N2O4. The lowest BCUT2D eigenvalue weighted by Gasteiger charge is -2.52. The number of benzene rings is 1. The molecule has 0 amide bonds. The van der Waals surface area contributed by atoms with Crippen LogP contribution in [0.4, 0.5) is 5.69 Å². The van der Waals surface area contributed by atoms with Gasteiger partial charge in [-0.25, -0.2) is 0 Å². The summed E-state index contributed by atoms with van der Waals surface area (Å²) in [6.45, 7) is 7.88. The van der Waals surface area contributed by atoms with Crippen molar-refractivity contribution in [3.8, 4) is 0 Å². The van der Waals surface area contributed by atoms with Crippen LogP contribution in [0.5, 0.6) is 0 Å². The summed E-state index contributed by atoms with van der Waals surface area (Å²) in [4.78, 5) is 10.4. The van der Waals surface area contributed by atoms with Crippen LogP contribution < -0.4 is 5.32 Å². The van der Waals surface area contributed by atoms with Crippen molar-refractivity contribution in [3.05, 3.63) is 39.9 Å². The van der Waals surface area contributed by atoms with E-state index in [2.05, 4.69) is 5.32 Å². The predicted octanol–water partition coefficient (Wildman–Crippen LogP) is 2.16. The second kappa shape index (κ2) is 5.61. The third-order valence-corrected chi connectivity index (χ3v) is 4.39. The normalized spacial score (nSPS) is 28.1. The van der Waals surface area contributed by atoms with Crippen LogP contribution in [0.3, 0.4) is 0 Å². The van der Waals surface area contributed by atoms with E-state index < -0.39 is 28.6 Å². The van der Waals surface area contributed by atoms with Gasteiger partial charge < -0.3 is 15.5 Å². The van der Waals surface area contributed by atoms with Crippen LogP contribution in [0.2, 0.25) is 0 Å². The first-order valence-corrected chi connectivity index (χ1v) is 7.43. The number of aliphatic hydroxyl groups is 2. The summed E-state index contributed by atoms with van der Waals surface area (Å²) < 4.78 is 0. The summed E-state index contributed by atoms with van der Waals surface area (Å²) in [7, 11) is 0. The van der Waals surface area contributed by atoms with Gasteiger partial charge in [0.05, 0.1) is 17.1 Å². The van der Waals surface area contributed by atoms with Crippen molar-refractivity contribution in [1.29, 1.82) is 0 Å². The lowest BCUT2D eigenvalue weighted by molar-refractivity contribution is -0.385. The summed E-state index contributed by atoms with van der Waals surface area (Å²) in [6, 6.07) is 5.96. The van der Waals surface area contributed by atoms with Gasteiger partial charge in [-0.3, -0.25) is 10.1 Å². The van der Waals surface area contributed by atoms with Gasteiger partial charge in [0.2, 0.25) is 0 Å². The third kappa shape index (κ3) is 3.29. The highest BCUT2D eigenvalue weighted by atomic mass is 16.6. The van der Waals surface area contributed by atoms with Crippen molar-refractivity contribution in [2.45, 2.75) is 57.4 Å². The summed E-state index contributed by atoms with van der Waals surface area (Å²) >= 11 is 0. The molecule has 0 radical (unpaired) electrons. The summed E-state index contributed by atoms with van der Waals surface area (Å²) in [5, 5.41) is 35.6. The molecule has 2 rings (SSSR count). The van der Waals surface area contributed by atoms with E-state index in [1.165, 1.54) is 12.1 Å². The second-order valence-electron chi connectivity index (χ2n) is 7.32. The van der Waals surface area contributed by atoms with Gasteiger partial charge in [0, 0.05) is 29.1 Å². The molecule has 0 aromatic heterocycles. The van der Waals surface area contributed by atoms with Gasteiger partial charge in [-0.05, 0) is 39.7 Å². The first-order valence-electron chi connectivity index (χ1n) is 7.43. The number of rotatable bonds is 3. The van der Waals surface area contributed by atoms with E-state index in [1.807, 2.05) is 27.7 Å². The zero-order chi connectivity index (χ0) is 16.7. The highest BCUT2D eigenvalue weighted by Gasteiger charge is 2.48. The Kier molecular flexibility index (Phi) is 4.30. The molecule has 1 saturated heterocycles. The number of aliphatic hydroxyl groups excluding tert-OH is 2. The first kappa shape index (κ1) is 16.9. The van der Waals surface area contributed by atoms with Crippen molar-refractivity contribution in [1.82, 2.24) is 5.32 Å². The molecule has 1 aliphatic heterocycles. The average Bonchev–Trinajstić information content (AvgIpc) is 2.35. The maximum Gasteiger partial charge on any atom is 0.269 e. The molecule has 1 aliphatic rings. The Bertz CT molecular complexity index is 571. The average molecular weight is 308 g/mol. The van der Waals surface area contributed by atoms with E-state index in [0.717, 1.165) is 0 Å². The standard InChI is InChI=1S/C16H24N2O4/c1-15(2)9-12(19)13(16(3,4)17-15)14(20)10-6-5-7-11(8-10)18(21)22/h5-8,12-14,17,19-20H,9H2,1-4H3/t12-,13-,14-/m1/s1. The van der Waals surface area contributed by atoms with Gasteiger partial charge >= 0.3 is 0 Å². The molecule has 1 aromatic rings. The van der Waals surface area contributed by atoms with E-state index >= 15 is 0 Å². The van der Waals surface area contributed by atoms with Crippen LogP contribution in [0.15, 0.2) is 24.3 Å². The SMILES string of the molecule is CC1(C)C[C@@H](O)[C@H]([C@H](O)c2cccc([N+](=O)[O-])c2)C(C)(C)N1. The largest absolute Gasteiger partial charge is 0.393 e. The number of nitrogens with one attached hydrogen (secondary N) is 1. The van der Waals surface area contributed by atoms with Gasteiger partial charge in [-0.2, -0.15) is 0 Å². The molecule has 122 valence electrons. The molecule has 22 heavy (non-hydrogen) atoms. The summed E-state index contributed by atoms with van der Waals surface area (Å²) in [5.41, 5.74) is -0.353. The minimum Gasteiger partial charge on any atom is -0.393 e. The van der Waals surface area contributed by atoms with Crippen LogP contribution in [0.25, 0.3) is 0 Å². The number of hydrogen-bond acceptors (Lipinski definition) is 5. The molecule has 1 fully saturated rings. The van der Waals surface area contributed by atoms with Crippen molar-refractivity contribution in [2.75, 3.05) is 0 Å². The fourth-order valence-corrected chi connectivity index (χ4v) is 3.77. The number of piperidine rings is 1. The molecule has 0 bridgehead atoms. The zero-order valence-electron chi connectivity index (χ0n) is 13.4. The molecule has 1 aromatic carbocycles. The molecule has 3 atom stereocenters. The molecule has 0 saturated carbocycles. The van der Waals surface area contributed by atoms with Gasteiger partial charge in [0.1, 0.15) is 0 Å². The molecule has 0 spiro atoms. The van der Waals surface area contributed by atoms with E-state index in [0.29, 0.717) is 12.0 Å². The van der Waals surface area contributed by atoms with E-state index in [-0.39, 0.29) is 11.2 Å². The first-order chi connectivity index (χ1) is 10.0. The van der Waals surface area contributed by atoms with Crippen molar-refractivity contribution in [3.63, 3.8) is 0 Å². The molecule has 1 heterocycles. The van der Waals surface area contributed by atoms with Crippen LogP contribution in [0, 0.1) is 16.0 Å². The highest BCUT2D eigenvalue weighted by Crippen LogP contribution is 2.41. The van der Waals surface area contributed by atoms with Crippen LogP contribution in [0.1, 0.15) is 45.8 Å². The Hall–Kier alpha value is -1.50. The Labute approximate surface area is 130 Å². The smallest absolute Gasteiger partial charge is 0.269 e. The van der Waals surface area contributed by atoms with Gasteiger partial charge in [0.25, 0.3) is 5.69 Å². The summed E-state index contributed by atoms with van der Waals surface area (Å²) in [5.74, 6) is -0.456. The van der Waals surface area contributed by atoms with Gasteiger partial charge in [-0.15, -0.1) is 0 Å². The van der Waals surface area contributed by atoms with E-state index in [1.54, 1.807) is 12.1 Å². The Morgan fingerprint density at radius 3 is 2.55 bits per heavy atom. The maximum absolute atomic E-state index is 10.9. The van der Waals surface area contributed by atoms with Crippen LogP contribution in [-0.2, 0) is 0 Å². The fourth-order valence-electron chi connectivity index (χ4n) is 3.77. The van der Waals surface area contributed by atoms with Crippen LogP contribution in [-0.4, -0.2) is 32.3 Å². The Morgan fingerprint density at radius 2 is 2.00 bits per heavy atom. The molecular weight excluding hydrogens is 284 g/mol.